The third kappa shape index (κ3) is 3.23. The molecule has 0 bridgehead atoms. The lowest BCUT2D eigenvalue weighted by atomic mass is 9.99. The van der Waals surface area contributed by atoms with Crippen molar-refractivity contribution in [3.63, 3.8) is 0 Å². The van der Waals surface area contributed by atoms with Crippen molar-refractivity contribution in [2.24, 2.45) is 0 Å². The number of alkyl halides is 5. The van der Waals surface area contributed by atoms with Crippen molar-refractivity contribution in [2.45, 2.75) is 18.7 Å². The Hall–Kier alpha value is -4.13. The van der Waals surface area contributed by atoms with E-state index in [4.69, 9.17) is 10.2 Å². The standard InChI is InChI=1S/C21H13F5N6O2/c22-20(23,21(24,25)26)15-7-13(10-1-3-11(27)4-2-10)12-5-6-16-30-17(19-31-28-9-34-19)14(8-33)32(16)18(12)29-15/h1-7,9,33H,8,27H2. The predicted octanol–water partition coefficient (Wildman–Crippen LogP) is 4.33. The van der Waals surface area contributed by atoms with Gasteiger partial charge in [-0.25, -0.2) is 9.97 Å². The molecule has 5 aromatic rings. The van der Waals surface area contributed by atoms with Crippen LogP contribution in [0.3, 0.4) is 0 Å². The second kappa shape index (κ2) is 7.45. The maximum absolute atomic E-state index is 14.4. The van der Waals surface area contributed by atoms with Crippen molar-refractivity contribution in [2.75, 3.05) is 5.73 Å². The fraction of sp³-hybridized carbons (Fsp3) is 0.143. The highest BCUT2D eigenvalue weighted by Crippen LogP contribution is 2.45. The lowest BCUT2D eigenvalue weighted by Crippen LogP contribution is -2.34. The molecule has 0 spiro atoms. The average molecular weight is 476 g/mol. The number of aliphatic hydroxyl groups is 1. The quantitative estimate of drug-likeness (QED) is 0.293. The summed E-state index contributed by atoms with van der Waals surface area (Å²) < 4.78 is 75.0. The maximum atomic E-state index is 14.4. The van der Waals surface area contributed by atoms with Crippen LogP contribution in [-0.4, -0.2) is 35.8 Å². The first-order valence-corrected chi connectivity index (χ1v) is 9.65. The van der Waals surface area contributed by atoms with Crippen LogP contribution in [0.15, 0.2) is 53.3 Å². The Labute approximate surface area is 186 Å². The second-order valence-corrected chi connectivity index (χ2v) is 7.32. The van der Waals surface area contributed by atoms with Crippen LogP contribution in [0, 0.1) is 0 Å². The zero-order valence-electron chi connectivity index (χ0n) is 16.9. The molecule has 8 nitrogen and oxygen atoms in total. The summed E-state index contributed by atoms with van der Waals surface area (Å²) in [6.07, 6.45) is -4.86. The number of aromatic nitrogens is 5. The Morgan fingerprint density at radius 3 is 2.35 bits per heavy atom. The fourth-order valence-corrected chi connectivity index (χ4v) is 3.66. The molecular weight excluding hydrogens is 463 g/mol. The summed E-state index contributed by atoms with van der Waals surface area (Å²) >= 11 is 0. The van der Waals surface area contributed by atoms with Gasteiger partial charge in [-0.05, 0) is 41.5 Å². The van der Waals surface area contributed by atoms with E-state index >= 15 is 0 Å². The molecule has 0 saturated carbocycles. The number of nitrogen functional groups attached to an aromatic ring is 1. The zero-order chi connectivity index (χ0) is 24.3. The van der Waals surface area contributed by atoms with Crippen molar-refractivity contribution in [3.05, 3.63) is 60.2 Å². The predicted molar refractivity (Wildman–Crippen MR) is 110 cm³/mol. The molecule has 5 rings (SSSR count). The van der Waals surface area contributed by atoms with Crippen molar-refractivity contribution >= 4 is 22.4 Å². The van der Waals surface area contributed by atoms with Gasteiger partial charge in [0.1, 0.15) is 17.0 Å². The summed E-state index contributed by atoms with van der Waals surface area (Å²) in [5.74, 6) is -5.32. The van der Waals surface area contributed by atoms with Crippen LogP contribution in [0.1, 0.15) is 11.4 Å². The lowest BCUT2D eigenvalue weighted by Gasteiger charge is -2.21. The van der Waals surface area contributed by atoms with E-state index in [-0.39, 0.29) is 39.5 Å². The van der Waals surface area contributed by atoms with Crippen molar-refractivity contribution < 1.29 is 31.5 Å². The van der Waals surface area contributed by atoms with E-state index in [2.05, 4.69) is 20.2 Å². The van der Waals surface area contributed by atoms with Crippen LogP contribution in [0.25, 0.3) is 39.4 Å². The molecule has 0 fully saturated rings. The van der Waals surface area contributed by atoms with Crippen molar-refractivity contribution in [1.29, 1.82) is 0 Å². The van der Waals surface area contributed by atoms with Crippen molar-refractivity contribution in [1.82, 2.24) is 24.6 Å². The largest absolute Gasteiger partial charge is 0.459 e. The Balaban J connectivity index is 1.91. The number of pyridine rings is 2. The maximum Gasteiger partial charge on any atom is 0.459 e. The summed E-state index contributed by atoms with van der Waals surface area (Å²) in [4.78, 5) is 7.97. The lowest BCUT2D eigenvalue weighted by molar-refractivity contribution is -0.290. The van der Waals surface area contributed by atoms with Crippen LogP contribution in [0.4, 0.5) is 27.6 Å². The van der Waals surface area contributed by atoms with E-state index in [1.807, 2.05) is 0 Å². The summed E-state index contributed by atoms with van der Waals surface area (Å²) in [5, 5.41) is 17.5. The second-order valence-electron chi connectivity index (χ2n) is 7.32. The number of halogens is 5. The number of hydrogen-bond donors (Lipinski definition) is 2. The van der Waals surface area contributed by atoms with E-state index in [9.17, 15) is 27.1 Å². The number of benzene rings is 1. The summed E-state index contributed by atoms with van der Waals surface area (Å²) in [5.41, 5.74) is 4.87. The first kappa shape index (κ1) is 21.7. The highest BCUT2D eigenvalue weighted by Gasteiger charge is 2.60. The highest BCUT2D eigenvalue weighted by atomic mass is 19.4. The molecule has 0 aliphatic heterocycles. The SMILES string of the molecule is Nc1ccc(-c2cc(C(F)(F)C(F)(F)F)nc3c2ccc2nc(-c4nnco4)c(CO)n23)cc1. The Morgan fingerprint density at radius 2 is 1.74 bits per heavy atom. The monoisotopic (exact) mass is 476 g/mol. The molecule has 0 unspecified atom stereocenters. The van der Waals surface area contributed by atoms with E-state index < -0.39 is 24.4 Å². The smallest absolute Gasteiger partial charge is 0.422 e. The average Bonchev–Trinajstić information content (AvgIpc) is 3.45. The molecule has 174 valence electrons. The Bertz CT molecular complexity index is 1510. The van der Waals surface area contributed by atoms with Gasteiger partial charge in [0, 0.05) is 11.1 Å². The molecule has 34 heavy (non-hydrogen) atoms. The van der Waals surface area contributed by atoms with Gasteiger partial charge in [0.15, 0.2) is 5.69 Å². The number of nitrogens with zero attached hydrogens (tertiary/aromatic N) is 5. The van der Waals surface area contributed by atoms with Gasteiger partial charge in [0.2, 0.25) is 6.39 Å². The number of imidazole rings is 1. The molecule has 0 aliphatic rings. The minimum Gasteiger partial charge on any atom is -0.422 e. The van der Waals surface area contributed by atoms with Gasteiger partial charge in [0.05, 0.1) is 12.3 Å². The molecule has 13 heteroatoms. The van der Waals surface area contributed by atoms with Crippen LogP contribution in [0.5, 0.6) is 0 Å². The molecule has 0 saturated heterocycles. The molecular formula is C21H13F5N6O2. The Kier molecular flexibility index (Phi) is 4.75. The molecule has 0 atom stereocenters. The fourth-order valence-electron chi connectivity index (χ4n) is 3.66. The van der Waals surface area contributed by atoms with Gasteiger partial charge in [-0.3, -0.25) is 4.40 Å². The molecule has 4 aromatic heterocycles. The van der Waals surface area contributed by atoms with Gasteiger partial charge in [0.25, 0.3) is 5.89 Å². The summed E-state index contributed by atoms with van der Waals surface area (Å²) in [7, 11) is 0. The number of anilines is 1. The molecule has 4 heterocycles. The molecule has 0 amide bonds. The van der Waals surface area contributed by atoms with Crippen LogP contribution in [-0.2, 0) is 12.5 Å². The van der Waals surface area contributed by atoms with E-state index in [0.717, 1.165) is 6.39 Å². The van der Waals surface area contributed by atoms with Gasteiger partial charge >= 0.3 is 12.1 Å². The normalized spacial score (nSPS) is 12.6. The first-order chi connectivity index (χ1) is 16.1. The van der Waals surface area contributed by atoms with E-state index in [1.165, 1.54) is 40.8 Å². The third-order valence-electron chi connectivity index (χ3n) is 5.26. The minimum absolute atomic E-state index is 0.0214. The number of aliphatic hydroxyl groups excluding tert-OH is 1. The van der Waals surface area contributed by atoms with Crippen LogP contribution < -0.4 is 5.73 Å². The minimum atomic E-state index is -5.89. The highest BCUT2D eigenvalue weighted by molar-refractivity contribution is 5.95. The number of fused-ring (bicyclic) bond motifs is 3. The number of nitrogens with two attached hydrogens (primary N) is 1. The Morgan fingerprint density at radius 1 is 1.00 bits per heavy atom. The molecule has 1 aromatic carbocycles. The van der Waals surface area contributed by atoms with Gasteiger partial charge in [-0.1, -0.05) is 12.1 Å². The number of hydrogen-bond acceptors (Lipinski definition) is 7. The first-order valence-electron chi connectivity index (χ1n) is 9.65. The summed E-state index contributed by atoms with van der Waals surface area (Å²) in [6.45, 7) is -0.670. The topological polar surface area (TPSA) is 115 Å². The van der Waals surface area contributed by atoms with Crippen LogP contribution in [0.2, 0.25) is 0 Å². The molecule has 0 radical (unpaired) electrons. The van der Waals surface area contributed by atoms with Gasteiger partial charge in [-0.15, -0.1) is 10.2 Å². The molecule has 3 N–H and O–H groups in total. The number of rotatable bonds is 4. The summed E-state index contributed by atoms with van der Waals surface area (Å²) in [6, 6.07) is 9.66. The molecule has 0 aliphatic carbocycles. The van der Waals surface area contributed by atoms with Gasteiger partial charge < -0.3 is 15.3 Å². The zero-order valence-corrected chi connectivity index (χ0v) is 16.9. The van der Waals surface area contributed by atoms with E-state index in [0.29, 0.717) is 17.3 Å². The van der Waals surface area contributed by atoms with E-state index in [1.54, 1.807) is 0 Å². The van der Waals surface area contributed by atoms with Gasteiger partial charge in [-0.2, -0.15) is 22.0 Å². The third-order valence-corrected chi connectivity index (χ3v) is 5.26. The van der Waals surface area contributed by atoms with Crippen LogP contribution >= 0.6 is 0 Å². The van der Waals surface area contributed by atoms with Crippen molar-refractivity contribution in [3.8, 4) is 22.7 Å².